The maximum absolute atomic E-state index is 5.29. The van der Waals surface area contributed by atoms with E-state index in [1.54, 1.807) is 0 Å². The third kappa shape index (κ3) is 5.90. The highest BCUT2D eigenvalue weighted by Crippen LogP contribution is 2.43. The highest BCUT2D eigenvalue weighted by atomic mass is 15.0. The Balaban J connectivity index is 1.06. The fourth-order valence-electron chi connectivity index (χ4n) is 9.32. The first-order valence-corrected chi connectivity index (χ1v) is 20.8. The van der Waals surface area contributed by atoms with Crippen LogP contribution in [0, 0.1) is 0 Å². The van der Waals surface area contributed by atoms with Crippen LogP contribution in [-0.2, 0) is 0 Å². The van der Waals surface area contributed by atoms with Crippen LogP contribution in [0.2, 0.25) is 0 Å². The van der Waals surface area contributed by atoms with Gasteiger partial charge in [0.05, 0.1) is 22.4 Å². The summed E-state index contributed by atoms with van der Waals surface area (Å²) in [6, 6.07) is 80.5. The molecular weight excluding hydrogens is 739 g/mol. The average molecular weight is 776 g/mol. The monoisotopic (exact) mass is 775 g/mol. The normalized spacial score (nSPS) is 11.6. The number of hydrogen-bond acceptors (Lipinski definition) is 2. The van der Waals surface area contributed by atoms with Gasteiger partial charge in [-0.05, 0) is 91.0 Å². The second-order valence-corrected chi connectivity index (χ2v) is 15.7. The van der Waals surface area contributed by atoms with Gasteiger partial charge in [-0.15, -0.1) is 0 Å². The Hall–Kier alpha value is -8.14. The van der Waals surface area contributed by atoms with Crippen molar-refractivity contribution >= 4 is 54.1 Å². The van der Waals surface area contributed by atoms with Gasteiger partial charge in [0, 0.05) is 33.2 Å². The van der Waals surface area contributed by atoms with E-state index in [0.29, 0.717) is 5.82 Å². The number of rotatable bonds is 6. The molecule has 61 heavy (non-hydrogen) atoms. The zero-order chi connectivity index (χ0) is 40.3. The van der Waals surface area contributed by atoms with Crippen molar-refractivity contribution in [3.8, 4) is 61.8 Å². The fraction of sp³-hybridized carbons (Fsp3) is 0. The molecule has 2 aromatic heterocycles. The number of aromatic nitrogens is 3. The van der Waals surface area contributed by atoms with Crippen LogP contribution in [0.15, 0.2) is 224 Å². The summed E-state index contributed by atoms with van der Waals surface area (Å²) in [6.45, 7) is 0. The summed E-state index contributed by atoms with van der Waals surface area (Å²) in [5.74, 6) is 0.710. The van der Waals surface area contributed by atoms with Gasteiger partial charge in [-0.3, -0.25) is 0 Å². The summed E-state index contributed by atoms with van der Waals surface area (Å²) < 4.78 is 2.41. The van der Waals surface area contributed by atoms with Gasteiger partial charge in [0.25, 0.3) is 0 Å². The predicted octanol–water partition coefficient (Wildman–Crippen LogP) is 15.4. The maximum atomic E-state index is 5.29. The smallest absolute Gasteiger partial charge is 0.160 e. The first-order valence-electron chi connectivity index (χ1n) is 20.8. The lowest BCUT2D eigenvalue weighted by Crippen LogP contribution is -1.97. The Bertz CT molecular complexity index is 3550. The Morgan fingerprint density at radius 1 is 0.279 bits per heavy atom. The zero-order valence-corrected chi connectivity index (χ0v) is 33.2. The van der Waals surface area contributed by atoms with Crippen LogP contribution in [0.5, 0.6) is 0 Å². The quantitative estimate of drug-likeness (QED) is 0.158. The van der Waals surface area contributed by atoms with E-state index in [9.17, 15) is 0 Å². The summed E-state index contributed by atoms with van der Waals surface area (Å²) in [4.78, 5) is 10.4. The molecule has 0 saturated heterocycles. The van der Waals surface area contributed by atoms with E-state index >= 15 is 0 Å². The molecule has 3 heteroatoms. The molecule has 12 rings (SSSR count). The summed E-state index contributed by atoms with van der Waals surface area (Å²) in [5.41, 5.74) is 13.2. The van der Waals surface area contributed by atoms with E-state index in [0.717, 1.165) is 33.8 Å². The van der Waals surface area contributed by atoms with E-state index in [4.69, 9.17) is 9.97 Å². The lowest BCUT2D eigenvalue weighted by molar-refractivity contribution is 1.18. The minimum atomic E-state index is 0.710. The van der Waals surface area contributed by atoms with Crippen molar-refractivity contribution in [2.24, 2.45) is 0 Å². The van der Waals surface area contributed by atoms with E-state index in [1.165, 1.54) is 76.4 Å². The van der Waals surface area contributed by atoms with Crippen molar-refractivity contribution in [3.05, 3.63) is 224 Å². The summed E-state index contributed by atoms with van der Waals surface area (Å²) in [6.07, 6.45) is 0. The number of benzene rings is 10. The SMILES string of the molecule is c1ccc(-c2ccc(-n3c4ccccc4c4ccc(-c5ccc6c(c5)c5ccccc5c5cccc(-c7cc(-c8ccccc8)nc(-c8ccccc8)n7)c56)cc43)cc2)cc1. The number of para-hydroxylation sites is 1. The lowest BCUT2D eigenvalue weighted by Gasteiger charge is -2.16. The minimum absolute atomic E-state index is 0.710. The molecular formula is C58H37N3. The van der Waals surface area contributed by atoms with E-state index in [-0.39, 0.29) is 0 Å². The summed E-state index contributed by atoms with van der Waals surface area (Å²) >= 11 is 0. The van der Waals surface area contributed by atoms with Gasteiger partial charge >= 0.3 is 0 Å². The molecule has 10 aromatic carbocycles. The number of hydrogen-bond donors (Lipinski definition) is 0. The van der Waals surface area contributed by atoms with Crippen molar-refractivity contribution in [1.82, 2.24) is 14.5 Å². The molecule has 0 N–H and O–H groups in total. The fourth-order valence-corrected chi connectivity index (χ4v) is 9.32. The van der Waals surface area contributed by atoms with Crippen LogP contribution >= 0.6 is 0 Å². The van der Waals surface area contributed by atoms with Crippen molar-refractivity contribution in [1.29, 1.82) is 0 Å². The van der Waals surface area contributed by atoms with Crippen molar-refractivity contribution in [3.63, 3.8) is 0 Å². The van der Waals surface area contributed by atoms with Crippen LogP contribution in [-0.4, -0.2) is 14.5 Å². The van der Waals surface area contributed by atoms with E-state index in [1.807, 2.05) is 24.3 Å². The minimum Gasteiger partial charge on any atom is -0.309 e. The van der Waals surface area contributed by atoms with Crippen LogP contribution in [0.4, 0.5) is 0 Å². The van der Waals surface area contributed by atoms with Gasteiger partial charge < -0.3 is 4.57 Å². The molecule has 0 aliphatic rings. The molecule has 12 aromatic rings. The molecule has 0 fully saturated rings. The van der Waals surface area contributed by atoms with Crippen LogP contribution < -0.4 is 0 Å². The maximum Gasteiger partial charge on any atom is 0.160 e. The van der Waals surface area contributed by atoms with E-state index in [2.05, 4.69) is 205 Å². The Kier molecular flexibility index (Phi) is 8.17. The molecule has 284 valence electrons. The van der Waals surface area contributed by atoms with Gasteiger partial charge in [-0.2, -0.15) is 0 Å². The van der Waals surface area contributed by atoms with Crippen molar-refractivity contribution in [2.75, 3.05) is 0 Å². The van der Waals surface area contributed by atoms with Gasteiger partial charge in [0.2, 0.25) is 0 Å². The zero-order valence-electron chi connectivity index (χ0n) is 33.2. The molecule has 0 saturated carbocycles. The predicted molar refractivity (Wildman–Crippen MR) is 256 cm³/mol. The first kappa shape index (κ1) is 34.9. The second-order valence-electron chi connectivity index (χ2n) is 15.7. The highest BCUT2D eigenvalue weighted by molar-refractivity contribution is 6.28. The molecule has 2 heterocycles. The van der Waals surface area contributed by atoms with Crippen LogP contribution in [0.1, 0.15) is 0 Å². The van der Waals surface area contributed by atoms with E-state index < -0.39 is 0 Å². The largest absolute Gasteiger partial charge is 0.309 e. The molecule has 0 bridgehead atoms. The highest BCUT2D eigenvalue weighted by Gasteiger charge is 2.18. The third-order valence-corrected chi connectivity index (χ3v) is 12.2. The lowest BCUT2D eigenvalue weighted by atomic mass is 9.89. The van der Waals surface area contributed by atoms with Crippen molar-refractivity contribution < 1.29 is 0 Å². The summed E-state index contributed by atoms with van der Waals surface area (Å²) in [7, 11) is 0. The number of nitrogens with zero attached hydrogens (tertiary/aromatic N) is 3. The Labute approximate surface area is 353 Å². The topological polar surface area (TPSA) is 30.7 Å². The molecule has 0 spiro atoms. The second kappa shape index (κ2) is 14.3. The van der Waals surface area contributed by atoms with Crippen LogP contribution in [0.25, 0.3) is 116 Å². The average Bonchev–Trinajstić information content (AvgIpc) is 3.68. The molecule has 0 unspecified atom stereocenters. The van der Waals surface area contributed by atoms with Gasteiger partial charge in [0.1, 0.15) is 0 Å². The van der Waals surface area contributed by atoms with Gasteiger partial charge in [0.15, 0.2) is 5.82 Å². The van der Waals surface area contributed by atoms with Gasteiger partial charge in [-0.25, -0.2) is 9.97 Å². The molecule has 3 nitrogen and oxygen atoms in total. The molecule has 0 aliphatic carbocycles. The first-order chi connectivity index (χ1) is 30.2. The Morgan fingerprint density at radius 3 is 1.52 bits per heavy atom. The third-order valence-electron chi connectivity index (χ3n) is 12.2. The summed E-state index contributed by atoms with van der Waals surface area (Å²) in [5, 5.41) is 9.74. The van der Waals surface area contributed by atoms with Gasteiger partial charge in [-0.1, -0.05) is 188 Å². The number of fused-ring (bicyclic) bond motifs is 9. The molecule has 0 amide bonds. The molecule has 0 atom stereocenters. The standard InChI is InChI=1S/C58H37N3/c1-4-15-38(16-5-1)39-27-31-44(32-28-39)61-55-26-13-12-23-47(55)48-33-29-43(36-56(48)61)42-30-34-50-52(35-42)46-22-11-10-21-45(46)49-24-14-25-51(57(49)50)54-37-53(40-17-6-2-7-18-40)59-58(60-54)41-19-8-3-9-20-41/h1-37H. The molecule has 0 radical (unpaired) electrons. The Morgan fingerprint density at radius 2 is 0.787 bits per heavy atom. The van der Waals surface area contributed by atoms with Crippen molar-refractivity contribution in [2.45, 2.75) is 0 Å². The molecule has 0 aliphatic heterocycles. The van der Waals surface area contributed by atoms with Crippen LogP contribution in [0.3, 0.4) is 0 Å².